The molecule has 1 saturated heterocycles. The van der Waals surface area contributed by atoms with E-state index in [-0.39, 0.29) is 23.9 Å². The monoisotopic (exact) mass is 375 g/mol. The summed E-state index contributed by atoms with van der Waals surface area (Å²) in [6, 6.07) is 8.17. The van der Waals surface area contributed by atoms with Crippen LogP contribution in [0.3, 0.4) is 0 Å². The summed E-state index contributed by atoms with van der Waals surface area (Å²) in [5.41, 5.74) is 1.17. The Balaban J connectivity index is 1.79. The molecular formula is C22H30ClNO2. The first-order valence-electron chi connectivity index (χ1n) is 9.90. The molecule has 0 bridgehead atoms. The average Bonchev–Trinajstić information content (AvgIpc) is 3.46. The first kappa shape index (κ1) is 19.4. The zero-order valence-corrected chi connectivity index (χ0v) is 16.5. The number of halogens is 1. The van der Waals surface area contributed by atoms with Crippen molar-refractivity contribution >= 4 is 17.5 Å². The molecular weight excluding hydrogens is 346 g/mol. The van der Waals surface area contributed by atoms with Gasteiger partial charge in [-0.05, 0) is 62.1 Å². The van der Waals surface area contributed by atoms with Gasteiger partial charge in [-0.15, -0.1) is 6.58 Å². The number of benzene rings is 1. The van der Waals surface area contributed by atoms with Gasteiger partial charge in [0.1, 0.15) is 0 Å². The maximum Gasteiger partial charge on any atom is 0.226 e. The smallest absolute Gasteiger partial charge is 0.226 e. The van der Waals surface area contributed by atoms with Gasteiger partial charge >= 0.3 is 0 Å². The van der Waals surface area contributed by atoms with Gasteiger partial charge in [-0.2, -0.15) is 0 Å². The third-order valence-corrected chi connectivity index (χ3v) is 5.91. The number of amides is 1. The second-order valence-electron chi connectivity index (χ2n) is 7.65. The Morgan fingerprint density at radius 1 is 1.27 bits per heavy atom. The van der Waals surface area contributed by atoms with Crippen LogP contribution in [0.5, 0.6) is 0 Å². The molecule has 3 nitrogen and oxygen atoms in total. The number of nitrogens with zero attached hydrogens (tertiary/aromatic N) is 1. The van der Waals surface area contributed by atoms with Gasteiger partial charge in [0, 0.05) is 17.5 Å². The van der Waals surface area contributed by atoms with E-state index in [1.807, 2.05) is 18.2 Å². The molecule has 1 aromatic rings. The third kappa shape index (κ3) is 4.69. The minimum absolute atomic E-state index is 0.0496. The molecule has 2 aliphatic rings. The Morgan fingerprint density at radius 2 is 2.00 bits per heavy atom. The number of hydrogen-bond donors (Lipinski definition) is 0. The first-order valence-corrected chi connectivity index (χ1v) is 10.3. The summed E-state index contributed by atoms with van der Waals surface area (Å²) in [6.45, 7) is 7.44. The van der Waals surface area contributed by atoms with Crippen molar-refractivity contribution in [3.8, 4) is 0 Å². The highest BCUT2D eigenvalue weighted by Crippen LogP contribution is 2.38. The fraction of sp³-hybridized carbons (Fsp3) is 0.591. The summed E-state index contributed by atoms with van der Waals surface area (Å²) < 4.78 is 5.98. The maximum atomic E-state index is 13.3. The lowest BCUT2D eigenvalue weighted by atomic mass is 9.85. The normalized spacial score (nSPS) is 24.5. The minimum atomic E-state index is 0.0496. The molecule has 2 fully saturated rings. The molecule has 1 heterocycles. The van der Waals surface area contributed by atoms with Gasteiger partial charge in [0.05, 0.1) is 18.7 Å². The lowest BCUT2D eigenvalue weighted by Gasteiger charge is -2.44. The molecule has 0 N–H and O–H groups in total. The quantitative estimate of drug-likeness (QED) is 0.541. The number of carbonyl (C=O) groups excluding carboxylic acids is 1. The third-order valence-electron chi connectivity index (χ3n) is 5.66. The summed E-state index contributed by atoms with van der Waals surface area (Å²) in [6.07, 6.45) is 7.98. The number of piperidine rings is 1. The molecule has 1 saturated carbocycles. The van der Waals surface area contributed by atoms with Crippen molar-refractivity contribution in [1.29, 1.82) is 0 Å². The lowest BCUT2D eigenvalue weighted by molar-refractivity contribution is -0.147. The van der Waals surface area contributed by atoms with Gasteiger partial charge in [-0.25, -0.2) is 0 Å². The molecule has 4 heteroatoms. The Hall–Kier alpha value is -1.32. The molecule has 1 aliphatic carbocycles. The molecule has 1 amide bonds. The maximum absolute atomic E-state index is 13.3. The zero-order valence-electron chi connectivity index (χ0n) is 15.7. The number of hydrogen-bond acceptors (Lipinski definition) is 2. The van der Waals surface area contributed by atoms with Crippen LogP contribution in [-0.4, -0.2) is 30.1 Å². The van der Waals surface area contributed by atoms with E-state index in [0.29, 0.717) is 6.61 Å². The fourth-order valence-electron chi connectivity index (χ4n) is 3.90. The predicted octanol–water partition coefficient (Wildman–Crippen LogP) is 5.40. The summed E-state index contributed by atoms with van der Waals surface area (Å²) in [4.78, 5) is 15.4. The van der Waals surface area contributed by atoms with E-state index in [0.717, 1.165) is 43.2 Å². The van der Waals surface area contributed by atoms with Crippen molar-refractivity contribution in [2.45, 2.75) is 57.5 Å². The SMILES string of the molecule is C=CC[C@H]1CCC(c2ccc(Cl)cc2)N(C(CC)COCC2CC2)C1=O. The highest BCUT2D eigenvalue weighted by Gasteiger charge is 2.39. The fourth-order valence-corrected chi connectivity index (χ4v) is 4.03. The van der Waals surface area contributed by atoms with Crippen molar-refractivity contribution in [3.05, 3.63) is 47.5 Å². The number of likely N-dealkylation sites (tertiary alicyclic amines) is 1. The van der Waals surface area contributed by atoms with Crippen molar-refractivity contribution in [3.63, 3.8) is 0 Å². The predicted molar refractivity (Wildman–Crippen MR) is 106 cm³/mol. The molecule has 2 unspecified atom stereocenters. The average molecular weight is 376 g/mol. The molecule has 0 radical (unpaired) electrons. The molecule has 1 aliphatic heterocycles. The summed E-state index contributed by atoms with van der Waals surface area (Å²) >= 11 is 6.06. The van der Waals surface area contributed by atoms with E-state index in [1.54, 1.807) is 0 Å². The van der Waals surface area contributed by atoms with Crippen LogP contribution >= 0.6 is 11.6 Å². The van der Waals surface area contributed by atoms with E-state index in [4.69, 9.17) is 16.3 Å². The Bertz CT molecular complexity index is 611. The van der Waals surface area contributed by atoms with Crippen LogP contribution in [0.15, 0.2) is 36.9 Å². The second kappa shape index (κ2) is 9.05. The molecule has 1 aromatic carbocycles. The van der Waals surface area contributed by atoms with Crippen LogP contribution in [0.2, 0.25) is 5.02 Å². The number of ether oxygens (including phenoxy) is 1. The van der Waals surface area contributed by atoms with Crippen LogP contribution in [0.1, 0.15) is 57.1 Å². The standard InChI is InChI=1S/C22H30ClNO2/c1-3-5-18-10-13-21(17-8-11-19(23)12-9-17)24(22(18)25)20(4-2)15-26-14-16-6-7-16/h3,8-9,11-12,16,18,20-21H,1,4-7,10,13-15H2,2H3/t18-,20?,21?/m0/s1. The van der Waals surface area contributed by atoms with Crippen molar-refractivity contribution in [2.24, 2.45) is 11.8 Å². The van der Waals surface area contributed by atoms with Crippen molar-refractivity contribution in [1.82, 2.24) is 4.90 Å². The van der Waals surface area contributed by atoms with Crippen molar-refractivity contribution < 1.29 is 9.53 Å². The Kier molecular flexibility index (Phi) is 6.77. The largest absolute Gasteiger partial charge is 0.379 e. The highest BCUT2D eigenvalue weighted by atomic mass is 35.5. The molecule has 142 valence electrons. The van der Waals surface area contributed by atoms with Crippen LogP contribution < -0.4 is 0 Å². The van der Waals surface area contributed by atoms with Gasteiger partial charge in [-0.1, -0.05) is 36.7 Å². The topological polar surface area (TPSA) is 29.5 Å². The number of carbonyl (C=O) groups is 1. The molecule has 0 aromatic heterocycles. The van der Waals surface area contributed by atoms with Gasteiger partial charge in [0.2, 0.25) is 5.91 Å². The number of rotatable bonds is 9. The molecule has 3 rings (SSSR count). The second-order valence-corrected chi connectivity index (χ2v) is 8.09. The van der Waals surface area contributed by atoms with Crippen LogP contribution in [-0.2, 0) is 9.53 Å². The van der Waals surface area contributed by atoms with E-state index in [1.165, 1.54) is 18.4 Å². The zero-order chi connectivity index (χ0) is 18.5. The van der Waals surface area contributed by atoms with Crippen LogP contribution in [0, 0.1) is 11.8 Å². The van der Waals surface area contributed by atoms with Gasteiger partial charge in [0.25, 0.3) is 0 Å². The van der Waals surface area contributed by atoms with Gasteiger partial charge in [0.15, 0.2) is 0 Å². The Labute approximate surface area is 162 Å². The van der Waals surface area contributed by atoms with E-state index >= 15 is 0 Å². The number of allylic oxidation sites excluding steroid dienone is 1. The molecule has 3 atom stereocenters. The molecule has 0 spiro atoms. The Morgan fingerprint density at radius 3 is 2.62 bits per heavy atom. The van der Waals surface area contributed by atoms with E-state index in [2.05, 4.69) is 30.5 Å². The van der Waals surface area contributed by atoms with Crippen molar-refractivity contribution in [2.75, 3.05) is 13.2 Å². The first-order chi connectivity index (χ1) is 12.6. The van der Waals surface area contributed by atoms with Gasteiger partial charge in [-0.3, -0.25) is 4.79 Å². The summed E-state index contributed by atoms with van der Waals surface area (Å²) in [5.74, 6) is 1.04. The highest BCUT2D eigenvalue weighted by molar-refractivity contribution is 6.30. The van der Waals surface area contributed by atoms with E-state index in [9.17, 15) is 4.79 Å². The lowest BCUT2D eigenvalue weighted by Crippen LogP contribution is -2.50. The summed E-state index contributed by atoms with van der Waals surface area (Å²) in [7, 11) is 0. The minimum Gasteiger partial charge on any atom is -0.379 e. The summed E-state index contributed by atoms with van der Waals surface area (Å²) in [5, 5.41) is 0.728. The van der Waals surface area contributed by atoms with Gasteiger partial charge < -0.3 is 9.64 Å². The van der Waals surface area contributed by atoms with Crippen LogP contribution in [0.25, 0.3) is 0 Å². The molecule has 26 heavy (non-hydrogen) atoms. The van der Waals surface area contributed by atoms with E-state index < -0.39 is 0 Å². The van der Waals surface area contributed by atoms with Crippen LogP contribution in [0.4, 0.5) is 0 Å².